The zero-order valence-corrected chi connectivity index (χ0v) is 17.3. The molecule has 1 aromatic rings. The normalized spacial score (nSPS) is 30.6. The van der Waals surface area contributed by atoms with Crippen molar-refractivity contribution in [3.8, 4) is 6.07 Å². The molecule has 0 unspecified atom stereocenters. The zero-order chi connectivity index (χ0) is 20.6. The molecule has 0 radical (unpaired) electrons. The maximum Gasteiger partial charge on any atom is 0.329 e. The first kappa shape index (κ1) is 19.9. The van der Waals surface area contributed by atoms with Gasteiger partial charge in [0.05, 0.1) is 11.6 Å². The molecule has 154 valence electrons. The average molecular weight is 395 g/mol. The number of hydrogen-bond acceptors (Lipinski definition) is 4. The van der Waals surface area contributed by atoms with Crippen LogP contribution in [-0.4, -0.2) is 17.9 Å². The highest BCUT2D eigenvalue weighted by atomic mass is 16.5. The lowest BCUT2D eigenvalue weighted by Crippen LogP contribution is -2.57. The summed E-state index contributed by atoms with van der Waals surface area (Å²) in [5.41, 5.74) is 1.13. The quantitative estimate of drug-likeness (QED) is 0.741. The first-order chi connectivity index (χ1) is 13.9. The average Bonchev–Trinajstić information content (AvgIpc) is 2.69. The van der Waals surface area contributed by atoms with E-state index in [0.29, 0.717) is 23.3 Å². The van der Waals surface area contributed by atoms with Crippen molar-refractivity contribution in [1.29, 1.82) is 5.26 Å². The number of nitrogens with one attached hydrogen (secondary N) is 1. The number of esters is 1. The fraction of sp³-hybridized carbons (Fsp3) is 0.625. The van der Waals surface area contributed by atoms with E-state index in [4.69, 9.17) is 10.00 Å². The summed E-state index contributed by atoms with van der Waals surface area (Å²) in [5.74, 6) is 1.70. The standard InChI is InChI=1S/C24H30N2O3/c1-15(2)21(22(27)29-14-17-5-3-16(13-25)4-6-17)26-23(28)24-10-18-7-19(11-24)9-20(8-18)12-24/h3-6,15,18-21H,7-12,14H2,1-2H3,(H,26,28)/t18?,19?,20?,21-,24?/m0/s1. The van der Waals surface area contributed by atoms with Crippen molar-refractivity contribution in [3.05, 3.63) is 35.4 Å². The van der Waals surface area contributed by atoms with Crippen molar-refractivity contribution < 1.29 is 14.3 Å². The van der Waals surface area contributed by atoms with Gasteiger partial charge in [0.2, 0.25) is 5.91 Å². The maximum atomic E-state index is 13.3. The van der Waals surface area contributed by atoms with E-state index in [1.165, 1.54) is 19.3 Å². The molecule has 5 heteroatoms. The molecule has 29 heavy (non-hydrogen) atoms. The molecule has 4 fully saturated rings. The van der Waals surface area contributed by atoms with Gasteiger partial charge in [-0.3, -0.25) is 4.79 Å². The Balaban J connectivity index is 1.39. The first-order valence-corrected chi connectivity index (χ1v) is 10.8. The van der Waals surface area contributed by atoms with Crippen LogP contribution in [-0.2, 0) is 20.9 Å². The van der Waals surface area contributed by atoms with E-state index in [9.17, 15) is 9.59 Å². The maximum absolute atomic E-state index is 13.3. The Morgan fingerprint density at radius 1 is 1.10 bits per heavy atom. The number of benzene rings is 1. The Labute approximate surface area is 172 Å². The Morgan fingerprint density at radius 3 is 2.14 bits per heavy atom. The van der Waals surface area contributed by atoms with Crippen LogP contribution in [0.2, 0.25) is 0 Å². The number of ether oxygens (including phenoxy) is 1. The first-order valence-electron chi connectivity index (χ1n) is 10.8. The third-order valence-corrected chi connectivity index (χ3v) is 7.19. The van der Waals surface area contributed by atoms with Crippen LogP contribution >= 0.6 is 0 Å². The lowest BCUT2D eigenvalue weighted by Gasteiger charge is -2.55. The minimum atomic E-state index is -0.631. The SMILES string of the molecule is CC(C)[C@H](NC(=O)C12CC3CC(CC(C3)C1)C2)C(=O)OCc1ccc(C#N)cc1. The second-order valence-electron chi connectivity index (χ2n) is 9.81. The minimum absolute atomic E-state index is 0.0404. The lowest BCUT2D eigenvalue weighted by molar-refractivity contribution is -0.156. The van der Waals surface area contributed by atoms with E-state index in [1.54, 1.807) is 24.3 Å². The molecule has 4 aliphatic carbocycles. The summed E-state index contributed by atoms with van der Waals surface area (Å²) in [7, 11) is 0. The van der Waals surface area contributed by atoms with Gasteiger partial charge in [0.15, 0.2) is 0 Å². The van der Waals surface area contributed by atoms with Crippen LogP contribution in [0.4, 0.5) is 0 Å². The Hall–Kier alpha value is -2.35. The third kappa shape index (κ3) is 4.03. The monoisotopic (exact) mass is 394 g/mol. The molecule has 5 nitrogen and oxygen atoms in total. The van der Waals surface area contributed by atoms with E-state index in [1.807, 2.05) is 13.8 Å². The van der Waals surface area contributed by atoms with Crippen LogP contribution in [0, 0.1) is 40.4 Å². The van der Waals surface area contributed by atoms with Gasteiger partial charge in [0.25, 0.3) is 0 Å². The Morgan fingerprint density at radius 2 is 1.66 bits per heavy atom. The summed E-state index contributed by atoms with van der Waals surface area (Å²) in [6, 6.07) is 8.42. The van der Waals surface area contributed by atoms with Gasteiger partial charge in [0.1, 0.15) is 12.6 Å². The molecular weight excluding hydrogens is 364 g/mol. The van der Waals surface area contributed by atoms with Gasteiger partial charge in [-0.2, -0.15) is 5.26 Å². The molecule has 0 saturated heterocycles. The minimum Gasteiger partial charge on any atom is -0.459 e. The van der Waals surface area contributed by atoms with Crippen molar-refractivity contribution in [1.82, 2.24) is 5.32 Å². The zero-order valence-electron chi connectivity index (χ0n) is 17.3. The van der Waals surface area contributed by atoms with E-state index in [2.05, 4.69) is 11.4 Å². The van der Waals surface area contributed by atoms with E-state index in [0.717, 1.165) is 24.8 Å². The Bertz CT molecular complexity index is 786. The van der Waals surface area contributed by atoms with E-state index in [-0.39, 0.29) is 29.8 Å². The predicted molar refractivity (Wildman–Crippen MR) is 108 cm³/mol. The highest BCUT2D eigenvalue weighted by Gasteiger charge is 2.55. The second-order valence-corrected chi connectivity index (χ2v) is 9.81. The van der Waals surface area contributed by atoms with Crippen LogP contribution in [0.1, 0.15) is 63.5 Å². The molecule has 1 N–H and O–H groups in total. The fourth-order valence-electron chi connectivity index (χ4n) is 6.10. The molecule has 0 spiro atoms. The molecular formula is C24H30N2O3. The van der Waals surface area contributed by atoms with Crippen molar-refractivity contribution in [2.45, 2.75) is 65.0 Å². The van der Waals surface area contributed by atoms with Crippen molar-refractivity contribution >= 4 is 11.9 Å². The molecule has 0 aliphatic heterocycles. The van der Waals surface area contributed by atoms with Gasteiger partial charge >= 0.3 is 5.97 Å². The molecule has 4 saturated carbocycles. The van der Waals surface area contributed by atoms with Gasteiger partial charge in [-0.15, -0.1) is 0 Å². The summed E-state index contributed by atoms with van der Waals surface area (Å²) in [6.07, 6.45) is 6.80. The largest absolute Gasteiger partial charge is 0.459 e. The number of carbonyl (C=O) groups is 2. The highest BCUT2D eigenvalue weighted by Crippen LogP contribution is 2.60. The van der Waals surface area contributed by atoms with Crippen LogP contribution in [0.25, 0.3) is 0 Å². The molecule has 1 atom stereocenters. The smallest absolute Gasteiger partial charge is 0.329 e. The van der Waals surface area contributed by atoms with Crippen LogP contribution in [0.3, 0.4) is 0 Å². The topological polar surface area (TPSA) is 79.2 Å². The van der Waals surface area contributed by atoms with Gasteiger partial charge in [-0.1, -0.05) is 26.0 Å². The van der Waals surface area contributed by atoms with Crippen LogP contribution in [0.5, 0.6) is 0 Å². The molecule has 1 amide bonds. The Kier molecular flexibility index (Phi) is 5.38. The number of rotatable bonds is 6. The lowest BCUT2D eigenvalue weighted by atomic mass is 9.49. The molecule has 4 aliphatic rings. The number of amides is 1. The van der Waals surface area contributed by atoms with Gasteiger partial charge in [-0.05, 0) is 79.9 Å². The van der Waals surface area contributed by atoms with Gasteiger partial charge in [-0.25, -0.2) is 4.79 Å². The van der Waals surface area contributed by atoms with Gasteiger partial charge in [0, 0.05) is 5.41 Å². The van der Waals surface area contributed by atoms with Crippen LogP contribution < -0.4 is 5.32 Å². The summed E-state index contributed by atoms with van der Waals surface area (Å²) < 4.78 is 5.51. The van der Waals surface area contributed by atoms with Gasteiger partial charge < -0.3 is 10.1 Å². The number of hydrogen-bond donors (Lipinski definition) is 1. The predicted octanol–water partition coefficient (Wildman–Crippen LogP) is 3.96. The van der Waals surface area contributed by atoms with E-state index < -0.39 is 6.04 Å². The summed E-state index contributed by atoms with van der Waals surface area (Å²) in [6.45, 7) is 4.02. The number of nitrogens with zero attached hydrogens (tertiary/aromatic N) is 1. The number of carbonyl (C=O) groups excluding carboxylic acids is 2. The molecule has 5 rings (SSSR count). The summed E-state index contributed by atoms with van der Waals surface area (Å²) >= 11 is 0. The van der Waals surface area contributed by atoms with Crippen molar-refractivity contribution in [2.24, 2.45) is 29.1 Å². The molecule has 4 bridgehead atoms. The molecule has 1 aromatic carbocycles. The fourth-order valence-corrected chi connectivity index (χ4v) is 6.10. The molecule has 0 heterocycles. The van der Waals surface area contributed by atoms with E-state index >= 15 is 0 Å². The van der Waals surface area contributed by atoms with Crippen molar-refractivity contribution in [2.75, 3.05) is 0 Å². The summed E-state index contributed by atoms with van der Waals surface area (Å²) in [5, 5.41) is 11.9. The van der Waals surface area contributed by atoms with Crippen molar-refractivity contribution in [3.63, 3.8) is 0 Å². The van der Waals surface area contributed by atoms with Crippen LogP contribution in [0.15, 0.2) is 24.3 Å². The molecule has 0 aromatic heterocycles. The highest BCUT2D eigenvalue weighted by molar-refractivity contribution is 5.88. The second kappa shape index (κ2) is 7.82. The third-order valence-electron chi connectivity index (χ3n) is 7.19. The number of nitriles is 1. The summed E-state index contributed by atoms with van der Waals surface area (Å²) in [4.78, 5) is 26.1.